The van der Waals surface area contributed by atoms with Gasteiger partial charge in [-0.05, 0) is 162 Å². The van der Waals surface area contributed by atoms with Gasteiger partial charge in [-0.1, -0.05) is 180 Å². The molecule has 436 valence electrons. The average Bonchev–Trinajstić information content (AvgIpc) is 3.38. The van der Waals surface area contributed by atoms with Crippen LogP contribution < -0.4 is 0 Å². The second-order valence-electron chi connectivity index (χ2n) is 22.0. The van der Waals surface area contributed by atoms with Crippen molar-refractivity contribution in [3.05, 3.63) is 24.3 Å². The van der Waals surface area contributed by atoms with E-state index in [-0.39, 0.29) is 18.0 Å². The fraction of sp³-hybridized carbons (Fsp3) is 0.892. The maximum absolute atomic E-state index is 12.9. The number of rotatable bonds is 58. The number of nitrogens with zero attached hydrogens (tertiary/aromatic N) is 2. The van der Waals surface area contributed by atoms with Crippen LogP contribution in [0.1, 0.15) is 311 Å². The fourth-order valence-electron chi connectivity index (χ4n) is 9.72. The highest BCUT2D eigenvalue weighted by Crippen LogP contribution is 2.18. The molecule has 0 unspecified atom stereocenters. The summed E-state index contributed by atoms with van der Waals surface area (Å²) in [4.78, 5) is 42.7. The zero-order valence-electron chi connectivity index (χ0n) is 50.1. The number of carbonyl (C=O) groups excluding carboxylic acids is 3. The molecule has 0 rings (SSSR count). The van der Waals surface area contributed by atoms with Gasteiger partial charge in [-0.15, -0.1) is 0 Å². The molecule has 0 spiro atoms. The Morgan fingerprint density at radius 1 is 0.365 bits per heavy atom. The first-order valence-electron chi connectivity index (χ1n) is 32.2. The first-order chi connectivity index (χ1) is 36.3. The van der Waals surface area contributed by atoms with Gasteiger partial charge in [0.15, 0.2) is 0 Å². The SMILES string of the molecule is CCCCCCCC/C=C\CCCCCCCC(=O)OCCCCCCC(CCCCCCOC(=O)CCCCCCC/C=C\CCCCCCCC)OC(=O)OCCCCN(CCN(CCC)CCC)C(C)C. The van der Waals surface area contributed by atoms with E-state index in [2.05, 4.69) is 75.6 Å². The minimum absolute atomic E-state index is 0.0695. The van der Waals surface area contributed by atoms with Crippen molar-refractivity contribution in [2.45, 2.75) is 323 Å². The van der Waals surface area contributed by atoms with Crippen molar-refractivity contribution < 1.29 is 33.3 Å². The Hall–Kier alpha value is -2.39. The highest BCUT2D eigenvalue weighted by atomic mass is 16.7. The van der Waals surface area contributed by atoms with E-state index in [1.54, 1.807) is 0 Å². The molecule has 0 aromatic carbocycles. The lowest BCUT2D eigenvalue weighted by Crippen LogP contribution is -2.40. The number of hydrogen-bond donors (Lipinski definition) is 0. The Balaban J connectivity index is 4.46. The third-order valence-corrected chi connectivity index (χ3v) is 14.5. The van der Waals surface area contributed by atoms with E-state index >= 15 is 0 Å². The maximum Gasteiger partial charge on any atom is 0.508 e. The normalized spacial score (nSPS) is 11.9. The van der Waals surface area contributed by atoms with Crippen LogP contribution in [-0.4, -0.2) is 92.6 Å². The number of carbonyl (C=O) groups is 3. The number of esters is 2. The molecule has 0 aliphatic heterocycles. The van der Waals surface area contributed by atoms with Crippen LogP contribution in [0, 0.1) is 0 Å². The molecule has 9 heteroatoms. The van der Waals surface area contributed by atoms with Crippen LogP contribution >= 0.6 is 0 Å². The molecule has 0 radical (unpaired) electrons. The van der Waals surface area contributed by atoms with Crippen LogP contribution in [-0.2, 0) is 28.5 Å². The standard InChI is InChI=1S/C65H124N2O7/c1-7-11-13-15-17-19-21-23-25-27-29-31-33-35-43-51-63(68)71-58-46-39-37-41-49-62(74-65(70)73-60-48-45-55-67(61(5)6)57-56-66(53-9-3)54-10-4)50-42-38-40-47-59-72-64(69)52-44-36-34-32-30-28-26-24-22-20-18-16-14-12-8-2/h23-26,61-62H,7-22,27-60H2,1-6H3/b25-23-,26-24-. The summed E-state index contributed by atoms with van der Waals surface area (Å²) in [5.41, 5.74) is 0. The van der Waals surface area contributed by atoms with Gasteiger partial charge in [-0.25, -0.2) is 4.79 Å². The molecule has 0 saturated carbocycles. The minimum Gasteiger partial charge on any atom is -0.466 e. The van der Waals surface area contributed by atoms with E-state index in [4.69, 9.17) is 18.9 Å². The van der Waals surface area contributed by atoms with Gasteiger partial charge in [-0.3, -0.25) is 14.5 Å². The van der Waals surface area contributed by atoms with Crippen molar-refractivity contribution in [3.63, 3.8) is 0 Å². The van der Waals surface area contributed by atoms with E-state index < -0.39 is 6.16 Å². The molecule has 0 bridgehead atoms. The van der Waals surface area contributed by atoms with Crippen molar-refractivity contribution in [1.29, 1.82) is 0 Å². The summed E-state index contributed by atoms with van der Waals surface area (Å²) in [5, 5.41) is 0. The van der Waals surface area contributed by atoms with Gasteiger partial charge in [0, 0.05) is 32.0 Å². The molecule has 9 nitrogen and oxygen atoms in total. The molecular weight excluding hydrogens is 921 g/mol. The fourth-order valence-corrected chi connectivity index (χ4v) is 9.72. The predicted octanol–water partition coefficient (Wildman–Crippen LogP) is 19.2. The zero-order chi connectivity index (χ0) is 54.1. The molecule has 0 aliphatic rings. The molecule has 0 aromatic heterocycles. The van der Waals surface area contributed by atoms with E-state index in [0.717, 1.165) is 135 Å². The van der Waals surface area contributed by atoms with Crippen molar-refractivity contribution >= 4 is 18.1 Å². The van der Waals surface area contributed by atoms with E-state index in [1.165, 1.54) is 154 Å². The summed E-state index contributed by atoms with van der Waals surface area (Å²) < 4.78 is 22.7. The Bertz CT molecular complexity index is 1180. The van der Waals surface area contributed by atoms with Gasteiger partial charge in [0.2, 0.25) is 0 Å². The third-order valence-electron chi connectivity index (χ3n) is 14.5. The number of allylic oxidation sites excluding steroid dienone is 4. The lowest BCUT2D eigenvalue weighted by Gasteiger charge is -2.30. The van der Waals surface area contributed by atoms with Crippen molar-refractivity contribution in [2.24, 2.45) is 0 Å². The van der Waals surface area contributed by atoms with E-state index in [9.17, 15) is 14.4 Å². The van der Waals surface area contributed by atoms with E-state index in [1.807, 2.05) is 0 Å². The summed E-state index contributed by atoms with van der Waals surface area (Å²) >= 11 is 0. The second kappa shape index (κ2) is 58.3. The first-order valence-corrected chi connectivity index (χ1v) is 32.2. The Kier molecular flexibility index (Phi) is 56.4. The number of hydrogen-bond acceptors (Lipinski definition) is 9. The van der Waals surface area contributed by atoms with Crippen molar-refractivity contribution in [2.75, 3.05) is 52.5 Å². The monoisotopic (exact) mass is 1040 g/mol. The molecule has 0 atom stereocenters. The lowest BCUT2D eigenvalue weighted by atomic mass is 10.0. The molecular formula is C65H124N2O7. The van der Waals surface area contributed by atoms with Gasteiger partial charge >= 0.3 is 18.1 Å². The van der Waals surface area contributed by atoms with Crippen LogP contribution in [0.3, 0.4) is 0 Å². The topological polar surface area (TPSA) is 94.6 Å². The summed E-state index contributed by atoms with van der Waals surface area (Å²) in [6.07, 6.45) is 55.6. The smallest absolute Gasteiger partial charge is 0.466 e. The number of unbranched alkanes of at least 4 members (excludes halogenated alkanes) is 29. The minimum atomic E-state index is -0.554. The van der Waals surface area contributed by atoms with Gasteiger partial charge in [0.1, 0.15) is 6.10 Å². The highest BCUT2D eigenvalue weighted by molar-refractivity contribution is 5.69. The third kappa shape index (κ3) is 53.0. The summed E-state index contributed by atoms with van der Waals surface area (Å²) in [6.45, 7) is 20.4. The molecule has 0 aliphatic carbocycles. The van der Waals surface area contributed by atoms with Crippen LogP contribution in [0.2, 0.25) is 0 Å². The van der Waals surface area contributed by atoms with Gasteiger partial charge in [-0.2, -0.15) is 0 Å². The van der Waals surface area contributed by atoms with Gasteiger partial charge in [0.05, 0.1) is 19.8 Å². The summed E-state index contributed by atoms with van der Waals surface area (Å²) in [7, 11) is 0. The number of ether oxygens (including phenoxy) is 4. The quantitative estimate of drug-likeness (QED) is 0.0255. The van der Waals surface area contributed by atoms with Crippen LogP contribution in [0.25, 0.3) is 0 Å². The largest absolute Gasteiger partial charge is 0.508 e. The van der Waals surface area contributed by atoms with Gasteiger partial charge in [0.25, 0.3) is 0 Å². The van der Waals surface area contributed by atoms with Crippen LogP contribution in [0.5, 0.6) is 0 Å². The molecule has 0 fully saturated rings. The van der Waals surface area contributed by atoms with Crippen LogP contribution in [0.15, 0.2) is 24.3 Å². The molecule has 0 amide bonds. The Morgan fingerprint density at radius 3 is 1.15 bits per heavy atom. The lowest BCUT2D eigenvalue weighted by molar-refractivity contribution is -0.144. The molecule has 74 heavy (non-hydrogen) atoms. The van der Waals surface area contributed by atoms with Crippen molar-refractivity contribution in [3.8, 4) is 0 Å². The molecule has 0 N–H and O–H groups in total. The Labute approximate surface area is 459 Å². The van der Waals surface area contributed by atoms with E-state index in [0.29, 0.717) is 38.7 Å². The van der Waals surface area contributed by atoms with Crippen molar-refractivity contribution in [1.82, 2.24) is 9.80 Å². The molecule has 0 heterocycles. The summed E-state index contributed by atoms with van der Waals surface area (Å²) in [6, 6.07) is 0.482. The second-order valence-corrected chi connectivity index (χ2v) is 22.0. The predicted molar refractivity (Wildman–Crippen MR) is 316 cm³/mol. The highest BCUT2D eigenvalue weighted by Gasteiger charge is 2.17. The summed E-state index contributed by atoms with van der Waals surface area (Å²) in [5.74, 6) is -0.139. The molecule has 0 aromatic rings. The maximum atomic E-state index is 12.9. The van der Waals surface area contributed by atoms with Gasteiger partial charge < -0.3 is 23.8 Å². The zero-order valence-corrected chi connectivity index (χ0v) is 50.1. The Morgan fingerprint density at radius 2 is 0.730 bits per heavy atom. The average molecular weight is 1050 g/mol. The van der Waals surface area contributed by atoms with Crippen LogP contribution in [0.4, 0.5) is 4.79 Å². The molecule has 0 saturated heterocycles. The first kappa shape index (κ1) is 71.6.